The molecule has 0 aromatic rings. The molecule has 0 saturated carbocycles. The molecule has 0 radical (unpaired) electrons. The summed E-state index contributed by atoms with van der Waals surface area (Å²) < 4.78 is 34.2. The largest absolute Gasteiger partial charge is 0.394 e. The van der Waals surface area contributed by atoms with Crippen molar-refractivity contribution in [1.29, 1.82) is 0 Å². The fourth-order valence-electron chi connectivity index (χ4n) is 10.8. The second kappa shape index (κ2) is 42.6. The van der Waals surface area contributed by atoms with E-state index < -0.39 is 124 Å². The summed E-state index contributed by atoms with van der Waals surface area (Å²) in [5.74, 6) is -0.240. The predicted molar refractivity (Wildman–Crippen MR) is 291 cm³/mol. The molecule has 3 rings (SSSR count). The summed E-state index contributed by atoms with van der Waals surface area (Å²) in [5, 5.41) is 120. The number of hydrogen-bond acceptors (Lipinski definition) is 18. The molecule has 3 fully saturated rings. The van der Waals surface area contributed by atoms with Gasteiger partial charge >= 0.3 is 0 Å². The number of nitrogens with one attached hydrogen (secondary N) is 1. The molecule has 12 N–H and O–H groups in total. The van der Waals surface area contributed by atoms with Gasteiger partial charge in [0.1, 0.15) is 73.2 Å². The van der Waals surface area contributed by atoms with Gasteiger partial charge in [-0.05, 0) is 12.8 Å². The molecule has 0 aromatic heterocycles. The van der Waals surface area contributed by atoms with Crippen LogP contribution in [0.2, 0.25) is 0 Å². The van der Waals surface area contributed by atoms with Crippen LogP contribution in [-0.2, 0) is 33.2 Å². The number of hydrogen-bond donors (Lipinski definition) is 12. The molecule has 3 aliphatic heterocycles. The molecule has 3 heterocycles. The van der Waals surface area contributed by atoms with E-state index in [1.165, 1.54) is 154 Å². The van der Waals surface area contributed by atoms with Crippen molar-refractivity contribution in [3.05, 3.63) is 0 Å². The maximum Gasteiger partial charge on any atom is 0.220 e. The Morgan fingerprint density at radius 1 is 0.416 bits per heavy atom. The van der Waals surface area contributed by atoms with E-state index in [-0.39, 0.29) is 18.9 Å². The molecule has 0 aromatic carbocycles. The Labute approximate surface area is 462 Å². The van der Waals surface area contributed by atoms with Gasteiger partial charge in [-0.25, -0.2) is 0 Å². The van der Waals surface area contributed by atoms with Gasteiger partial charge < -0.3 is 89.9 Å². The van der Waals surface area contributed by atoms with Crippen molar-refractivity contribution in [2.24, 2.45) is 0 Å². The Kier molecular flexibility index (Phi) is 38.7. The number of carbonyl (C=O) groups is 1. The van der Waals surface area contributed by atoms with E-state index in [1.807, 2.05) is 0 Å². The average Bonchev–Trinajstić information content (AvgIpc) is 3.43. The third kappa shape index (κ3) is 26.7. The van der Waals surface area contributed by atoms with Gasteiger partial charge in [-0.15, -0.1) is 0 Å². The van der Waals surface area contributed by atoms with Crippen molar-refractivity contribution in [2.45, 2.75) is 336 Å². The van der Waals surface area contributed by atoms with E-state index in [4.69, 9.17) is 28.4 Å². The third-order valence-corrected chi connectivity index (χ3v) is 15.9. The quantitative estimate of drug-likeness (QED) is 0.0330. The van der Waals surface area contributed by atoms with E-state index in [9.17, 15) is 61.0 Å². The molecule has 17 atom stereocenters. The second-order valence-electron chi connectivity index (χ2n) is 22.5. The van der Waals surface area contributed by atoms with E-state index in [1.54, 1.807) is 0 Å². The molecule has 19 nitrogen and oxygen atoms in total. The zero-order chi connectivity index (χ0) is 56.2. The maximum atomic E-state index is 13.3. The molecule has 456 valence electrons. The minimum Gasteiger partial charge on any atom is -0.394 e. The number of aliphatic hydroxyl groups excluding tert-OH is 11. The van der Waals surface area contributed by atoms with Crippen molar-refractivity contribution in [3.63, 3.8) is 0 Å². The summed E-state index contributed by atoms with van der Waals surface area (Å²) in [6, 6.07) is -0.878. The normalized spacial score (nSPS) is 30.6. The number of carbonyl (C=O) groups excluding carboxylic acids is 1. The van der Waals surface area contributed by atoms with Crippen LogP contribution in [0.15, 0.2) is 0 Å². The Morgan fingerprint density at radius 3 is 1.13 bits per heavy atom. The Hall–Kier alpha value is -1.21. The smallest absolute Gasteiger partial charge is 0.220 e. The molecule has 0 bridgehead atoms. The zero-order valence-electron chi connectivity index (χ0n) is 47.5. The highest BCUT2D eigenvalue weighted by Gasteiger charge is 2.53. The Morgan fingerprint density at radius 2 is 0.740 bits per heavy atom. The summed E-state index contributed by atoms with van der Waals surface area (Å²) in [7, 11) is 0. The molecule has 0 aliphatic carbocycles. The molecule has 19 heteroatoms. The Bertz CT molecular complexity index is 1420. The summed E-state index contributed by atoms with van der Waals surface area (Å²) in [6.07, 6.45) is 13.6. The molecule has 3 saturated heterocycles. The van der Waals surface area contributed by atoms with Gasteiger partial charge in [0.05, 0.1) is 38.6 Å². The van der Waals surface area contributed by atoms with Crippen molar-refractivity contribution < 1.29 is 89.4 Å². The number of ether oxygens (including phenoxy) is 6. The maximum absolute atomic E-state index is 13.3. The summed E-state index contributed by atoms with van der Waals surface area (Å²) in [4.78, 5) is 13.3. The fraction of sp³-hybridized carbons (Fsp3) is 0.983. The minimum atomic E-state index is -1.97. The van der Waals surface area contributed by atoms with Gasteiger partial charge in [-0.2, -0.15) is 0 Å². The van der Waals surface area contributed by atoms with E-state index in [0.717, 1.165) is 44.9 Å². The number of aliphatic hydroxyl groups is 11. The first kappa shape index (κ1) is 70.1. The SMILES string of the molecule is CCCCCCCCCCCCCCCCCCCCCCCCCC(=O)NC(COC1OC(CO)C(OC2OC(CO)C(OC3OC(CO)C(O)C(O)C3O)C(O)C2O)C(O)C1O)C(O)CCCCCCCCCCC. The van der Waals surface area contributed by atoms with Crippen molar-refractivity contribution >= 4 is 5.91 Å². The fourth-order valence-corrected chi connectivity index (χ4v) is 10.8. The molecule has 0 spiro atoms. The van der Waals surface area contributed by atoms with Crippen LogP contribution in [0.3, 0.4) is 0 Å². The molecule has 77 heavy (non-hydrogen) atoms. The van der Waals surface area contributed by atoms with Crippen molar-refractivity contribution in [3.8, 4) is 0 Å². The van der Waals surface area contributed by atoms with Crippen LogP contribution in [0.1, 0.15) is 232 Å². The van der Waals surface area contributed by atoms with Crippen LogP contribution in [-0.4, -0.2) is 193 Å². The topological polar surface area (TPSA) is 307 Å². The van der Waals surface area contributed by atoms with Gasteiger partial charge in [0, 0.05) is 6.42 Å². The summed E-state index contributed by atoms with van der Waals surface area (Å²) >= 11 is 0. The number of rotatable bonds is 46. The molecular weight excluding hydrogens is 999 g/mol. The lowest BCUT2D eigenvalue weighted by Gasteiger charge is -2.48. The monoisotopic (exact) mass is 1110 g/mol. The van der Waals surface area contributed by atoms with Gasteiger partial charge in [-0.1, -0.05) is 213 Å². The first-order valence-electron chi connectivity index (χ1n) is 30.8. The molecule has 3 aliphatic rings. The minimum absolute atomic E-state index is 0.240. The predicted octanol–water partition coefficient (Wildman–Crippen LogP) is 5.60. The van der Waals surface area contributed by atoms with Crippen LogP contribution in [0.5, 0.6) is 0 Å². The highest BCUT2D eigenvalue weighted by atomic mass is 16.8. The highest BCUT2D eigenvalue weighted by molar-refractivity contribution is 5.76. The van der Waals surface area contributed by atoms with Crippen molar-refractivity contribution in [2.75, 3.05) is 26.4 Å². The first-order valence-corrected chi connectivity index (χ1v) is 30.8. The second-order valence-corrected chi connectivity index (χ2v) is 22.5. The number of unbranched alkanes of at least 4 members (excludes halogenated alkanes) is 30. The third-order valence-electron chi connectivity index (χ3n) is 15.9. The lowest BCUT2D eigenvalue weighted by atomic mass is 9.96. The van der Waals surface area contributed by atoms with E-state index in [2.05, 4.69) is 19.2 Å². The molecule has 1 amide bonds. The summed E-state index contributed by atoms with van der Waals surface area (Å²) in [6.45, 7) is 1.78. The summed E-state index contributed by atoms with van der Waals surface area (Å²) in [5.41, 5.74) is 0. The van der Waals surface area contributed by atoms with E-state index >= 15 is 0 Å². The standard InChI is InChI=1S/C58H111NO18/c1-3-5-7-9-11-13-14-15-16-17-18-19-20-21-22-23-24-25-26-28-30-32-34-36-46(64)59-41(42(63)35-33-31-29-27-12-10-8-6-4-2)40-72-56-52(70)49(67)54(44(38-61)74-56)77-58-53(71)50(68)55(45(39-62)75-58)76-57-51(69)48(66)47(65)43(37-60)73-57/h41-45,47-58,60-63,65-71H,3-40H2,1-2H3,(H,59,64). The van der Waals surface area contributed by atoms with Gasteiger partial charge in [0.2, 0.25) is 5.91 Å². The van der Waals surface area contributed by atoms with Crippen molar-refractivity contribution in [1.82, 2.24) is 5.32 Å². The zero-order valence-corrected chi connectivity index (χ0v) is 47.5. The van der Waals surface area contributed by atoms with Crippen LogP contribution in [0.4, 0.5) is 0 Å². The Balaban J connectivity index is 1.42. The number of amides is 1. The lowest BCUT2D eigenvalue weighted by molar-refractivity contribution is -0.379. The molecular formula is C58H111NO18. The van der Waals surface area contributed by atoms with Crippen LogP contribution >= 0.6 is 0 Å². The molecule has 17 unspecified atom stereocenters. The van der Waals surface area contributed by atoms with Crippen LogP contribution in [0, 0.1) is 0 Å². The highest BCUT2D eigenvalue weighted by Crippen LogP contribution is 2.33. The van der Waals surface area contributed by atoms with E-state index in [0.29, 0.717) is 12.8 Å². The lowest BCUT2D eigenvalue weighted by Crippen LogP contribution is -2.66. The average molecular weight is 1110 g/mol. The van der Waals surface area contributed by atoms with Crippen LogP contribution in [0.25, 0.3) is 0 Å². The van der Waals surface area contributed by atoms with Gasteiger partial charge in [-0.3, -0.25) is 4.79 Å². The van der Waals surface area contributed by atoms with Gasteiger partial charge in [0.15, 0.2) is 18.9 Å². The van der Waals surface area contributed by atoms with Crippen LogP contribution < -0.4 is 5.32 Å². The first-order chi connectivity index (χ1) is 37.3. The van der Waals surface area contributed by atoms with Gasteiger partial charge in [0.25, 0.3) is 0 Å².